The average Bonchev–Trinajstić information content (AvgIpc) is 2.80. The number of nitrogens with one attached hydrogen (secondary N) is 1. The van der Waals surface area contributed by atoms with Crippen LogP contribution in [0.5, 0.6) is 0 Å². The lowest BCUT2D eigenvalue weighted by atomic mass is 10.1. The third-order valence-electron chi connectivity index (χ3n) is 3.66. The molecule has 1 aromatic heterocycles. The van der Waals surface area contributed by atoms with Gasteiger partial charge in [-0.2, -0.15) is 5.10 Å². The Bertz CT molecular complexity index is 637. The molecular formula is C17H22ClN3O. The summed E-state index contributed by atoms with van der Waals surface area (Å²) in [5, 5.41) is 7.78. The van der Waals surface area contributed by atoms with Crippen molar-refractivity contribution in [1.82, 2.24) is 15.1 Å². The lowest BCUT2D eigenvalue weighted by molar-refractivity contribution is 0.0939. The predicted octanol–water partition coefficient (Wildman–Crippen LogP) is 4.14. The Morgan fingerprint density at radius 1 is 1.36 bits per heavy atom. The molecule has 0 bridgehead atoms. The lowest BCUT2D eigenvalue weighted by Crippen LogP contribution is -2.27. The maximum atomic E-state index is 12.5. The van der Waals surface area contributed by atoms with Crippen molar-refractivity contribution in [2.24, 2.45) is 0 Å². The summed E-state index contributed by atoms with van der Waals surface area (Å²) in [6.07, 6.45) is 2.05. The van der Waals surface area contributed by atoms with Gasteiger partial charge < -0.3 is 5.32 Å². The molecule has 0 fully saturated rings. The number of halogens is 1. The van der Waals surface area contributed by atoms with Gasteiger partial charge in [0.2, 0.25) is 0 Å². The van der Waals surface area contributed by atoms with Crippen molar-refractivity contribution < 1.29 is 4.79 Å². The molecular weight excluding hydrogens is 298 g/mol. The quantitative estimate of drug-likeness (QED) is 0.870. The average molecular weight is 320 g/mol. The van der Waals surface area contributed by atoms with Crippen LogP contribution in [0.3, 0.4) is 0 Å². The van der Waals surface area contributed by atoms with Gasteiger partial charge in [0.15, 0.2) is 0 Å². The van der Waals surface area contributed by atoms with Gasteiger partial charge >= 0.3 is 0 Å². The van der Waals surface area contributed by atoms with Crippen molar-refractivity contribution >= 4 is 17.5 Å². The fourth-order valence-corrected chi connectivity index (χ4v) is 2.71. The predicted molar refractivity (Wildman–Crippen MR) is 89.2 cm³/mol. The van der Waals surface area contributed by atoms with E-state index in [1.54, 1.807) is 4.68 Å². The SMILES string of the molecule is CCCCn1nc(C)c(C(=O)N[C@@H](C)c2ccccc2)c1Cl. The van der Waals surface area contributed by atoms with Crippen LogP contribution in [0, 0.1) is 6.92 Å². The normalized spacial score (nSPS) is 12.2. The van der Waals surface area contributed by atoms with Gasteiger partial charge in [-0.1, -0.05) is 55.3 Å². The van der Waals surface area contributed by atoms with Crippen LogP contribution in [-0.2, 0) is 6.54 Å². The summed E-state index contributed by atoms with van der Waals surface area (Å²) >= 11 is 6.33. The molecule has 2 rings (SSSR count). The van der Waals surface area contributed by atoms with Crippen LogP contribution in [0.1, 0.15) is 54.3 Å². The van der Waals surface area contributed by atoms with Crippen LogP contribution in [-0.4, -0.2) is 15.7 Å². The smallest absolute Gasteiger partial charge is 0.256 e. The van der Waals surface area contributed by atoms with Crippen LogP contribution < -0.4 is 5.32 Å². The standard InChI is InChI=1S/C17H22ClN3O/c1-4-5-11-21-16(18)15(13(3)20-21)17(22)19-12(2)14-9-7-6-8-10-14/h6-10,12H,4-5,11H2,1-3H3,(H,19,22)/t12-/m0/s1. The first-order valence-electron chi connectivity index (χ1n) is 7.63. The van der Waals surface area contributed by atoms with Gasteiger partial charge in [-0.3, -0.25) is 9.48 Å². The van der Waals surface area contributed by atoms with Crippen LogP contribution in [0.4, 0.5) is 0 Å². The monoisotopic (exact) mass is 319 g/mol. The second kappa shape index (κ2) is 7.45. The molecule has 2 aromatic rings. The van der Waals surface area contributed by atoms with Crippen LogP contribution in [0.2, 0.25) is 5.15 Å². The zero-order chi connectivity index (χ0) is 16.1. The number of benzene rings is 1. The molecule has 22 heavy (non-hydrogen) atoms. The van der Waals surface area contributed by atoms with Gasteiger partial charge in [0.25, 0.3) is 5.91 Å². The first kappa shape index (κ1) is 16.6. The zero-order valence-corrected chi connectivity index (χ0v) is 14.0. The van der Waals surface area contributed by atoms with Crippen molar-refractivity contribution in [3.8, 4) is 0 Å². The summed E-state index contributed by atoms with van der Waals surface area (Å²) in [5.74, 6) is -0.179. The minimum absolute atomic E-state index is 0.0804. The van der Waals surface area contributed by atoms with E-state index in [4.69, 9.17) is 11.6 Å². The van der Waals surface area contributed by atoms with Gasteiger partial charge in [0, 0.05) is 6.54 Å². The Labute approximate surface area is 136 Å². The maximum Gasteiger partial charge on any atom is 0.256 e. The molecule has 0 unspecified atom stereocenters. The molecule has 0 spiro atoms. The molecule has 0 aliphatic rings. The second-order valence-corrected chi connectivity index (χ2v) is 5.79. The van der Waals surface area contributed by atoms with Crippen molar-refractivity contribution in [2.75, 3.05) is 0 Å². The third-order valence-corrected chi connectivity index (χ3v) is 4.05. The molecule has 1 heterocycles. The first-order chi connectivity index (χ1) is 10.5. The van der Waals surface area contributed by atoms with E-state index >= 15 is 0 Å². The zero-order valence-electron chi connectivity index (χ0n) is 13.3. The number of hydrogen-bond acceptors (Lipinski definition) is 2. The molecule has 118 valence electrons. The number of nitrogens with zero attached hydrogens (tertiary/aromatic N) is 2. The Hall–Kier alpha value is -1.81. The van der Waals surface area contributed by atoms with Gasteiger partial charge in [0.05, 0.1) is 17.3 Å². The minimum atomic E-state index is -0.179. The van der Waals surface area contributed by atoms with E-state index in [1.165, 1.54) is 0 Å². The molecule has 4 nitrogen and oxygen atoms in total. The fraction of sp³-hybridized carbons (Fsp3) is 0.412. The molecule has 0 radical (unpaired) electrons. The molecule has 1 aromatic carbocycles. The lowest BCUT2D eigenvalue weighted by Gasteiger charge is -2.14. The number of unbranched alkanes of at least 4 members (excludes halogenated alkanes) is 1. The van der Waals surface area contributed by atoms with Gasteiger partial charge in [0.1, 0.15) is 5.15 Å². The number of aromatic nitrogens is 2. The molecule has 0 aliphatic carbocycles. The van der Waals surface area contributed by atoms with E-state index in [9.17, 15) is 4.79 Å². The number of amides is 1. The summed E-state index contributed by atoms with van der Waals surface area (Å²) in [6.45, 7) is 6.62. The summed E-state index contributed by atoms with van der Waals surface area (Å²) in [4.78, 5) is 12.5. The van der Waals surface area contributed by atoms with Crippen LogP contribution >= 0.6 is 11.6 Å². The van der Waals surface area contributed by atoms with E-state index in [-0.39, 0.29) is 11.9 Å². The Kier molecular flexibility index (Phi) is 5.61. The van der Waals surface area contributed by atoms with Gasteiger partial charge in [-0.05, 0) is 25.8 Å². The number of hydrogen-bond donors (Lipinski definition) is 1. The first-order valence-corrected chi connectivity index (χ1v) is 8.01. The number of carbonyl (C=O) groups is 1. The van der Waals surface area contributed by atoms with E-state index in [2.05, 4.69) is 17.3 Å². The summed E-state index contributed by atoms with van der Waals surface area (Å²) in [6, 6.07) is 9.77. The summed E-state index contributed by atoms with van der Waals surface area (Å²) in [5.41, 5.74) is 2.20. The third kappa shape index (κ3) is 3.69. The Morgan fingerprint density at radius 2 is 2.05 bits per heavy atom. The highest BCUT2D eigenvalue weighted by Gasteiger charge is 2.21. The number of rotatable bonds is 6. The van der Waals surface area contributed by atoms with Crippen molar-refractivity contribution in [1.29, 1.82) is 0 Å². The minimum Gasteiger partial charge on any atom is -0.345 e. The van der Waals surface area contributed by atoms with Crippen molar-refractivity contribution in [3.63, 3.8) is 0 Å². The topological polar surface area (TPSA) is 46.9 Å². The largest absolute Gasteiger partial charge is 0.345 e. The number of aryl methyl sites for hydroxylation is 2. The number of carbonyl (C=O) groups excluding carboxylic acids is 1. The maximum absolute atomic E-state index is 12.5. The summed E-state index contributed by atoms with van der Waals surface area (Å²) in [7, 11) is 0. The molecule has 0 aliphatic heterocycles. The molecule has 1 amide bonds. The van der Waals surface area contributed by atoms with E-state index < -0.39 is 0 Å². The Morgan fingerprint density at radius 3 is 2.68 bits per heavy atom. The van der Waals surface area contributed by atoms with E-state index in [1.807, 2.05) is 44.2 Å². The molecule has 1 N–H and O–H groups in total. The highest BCUT2D eigenvalue weighted by molar-refractivity contribution is 6.33. The fourth-order valence-electron chi connectivity index (χ4n) is 2.36. The van der Waals surface area contributed by atoms with Crippen molar-refractivity contribution in [3.05, 3.63) is 52.3 Å². The molecule has 0 saturated carbocycles. The molecule has 0 saturated heterocycles. The molecule has 5 heteroatoms. The summed E-state index contributed by atoms with van der Waals surface area (Å²) < 4.78 is 1.71. The van der Waals surface area contributed by atoms with Crippen LogP contribution in [0.25, 0.3) is 0 Å². The van der Waals surface area contributed by atoms with Gasteiger partial charge in [-0.15, -0.1) is 0 Å². The second-order valence-electron chi connectivity index (χ2n) is 5.43. The van der Waals surface area contributed by atoms with E-state index in [0.717, 1.165) is 24.9 Å². The Balaban J connectivity index is 2.14. The van der Waals surface area contributed by atoms with Crippen LogP contribution in [0.15, 0.2) is 30.3 Å². The van der Waals surface area contributed by atoms with Gasteiger partial charge in [-0.25, -0.2) is 0 Å². The highest BCUT2D eigenvalue weighted by atomic mass is 35.5. The molecule has 1 atom stereocenters. The highest BCUT2D eigenvalue weighted by Crippen LogP contribution is 2.21. The van der Waals surface area contributed by atoms with Crippen molar-refractivity contribution in [2.45, 2.75) is 46.2 Å². The van der Waals surface area contributed by atoms with E-state index in [0.29, 0.717) is 16.4 Å².